The summed E-state index contributed by atoms with van der Waals surface area (Å²) in [5.74, 6) is 0.456. The SMILES string of the molecule is O=[N+]([O-])c1cccc(COc2ccccc2C=NNS(=O)(=O)c2ccc3ccccc3c2)c1. The normalized spacial score (nSPS) is 11.5. The Hall–Kier alpha value is -4.24. The Morgan fingerprint density at radius 1 is 0.909 bits per heavy atom. The van der Waals surface area contributed by atoms with Crippen LogP contribution in [0.2, 0.25) is 0 Å². The molecule has 0 radical (unpaired) electrons. The summed E-state index contributed by atoms with van der Waals surface area (Å²) in [6.07, 6.45) is 1.35. The molecule has 9 heteroatoms. The lowest BCUT2D eigenvalue weighted by Crippen LogP contribution is -2.18. The van der Waals surface area contributed by atoms with Crippen molar-refractivity contribution < 1.29 is 18.1 Å². The second-order valence-corrected chi connectivity index (χ2v) is 8.78. The standard InChI is InChI=1S/C24H19N3O5S/c28-27(29)22-10-5-6-18(14-22)17-32-24-11-4-3-9-21(24)16-25-26-33(30,31)23-13-12-19-7-1-2-8-20(19)15-23/h1-16,26H,17H2. The minimum absolute atomic E-state index is 0.0194. The smallest absolute Gasteiger partial charge is 0.276 e. The maximum atomic E-state index is 12.6. The molecule has 4 aromatic carbocycles. The maximum Gasteiger partial charge on any atom is 0.276 e. The highest BCUT2D eigenvalue weighted by Gasteiger charge is 2.13. The molecule has 166 valence electrons. The lowest BCUT2D eigenvalue weighted by Gasteiger charge is -2.09. The van der Waals surface area contributed by atoms with Crippen LogP contribution in [0, 0.1) is 10.1 Å². The zero-order valence-electron chi connectivity index (χ0n) is 17.3. The van der Waals surface area contributed by atoms with Crippen molar-refractivity contribution >= 4 is 32.7 Å². The largest absolute Gasteiger partial charge is 0.488 e. The van der Waals surface area contributed by atoms with Crippen LogP contribution in [-0.4, -0.2) is 19.6 Å². The number of hydrazone groups is 1. The zero-order valence-corrected chi connectivity index (χ0v) is 18.1. The van der Waals surface area contributed by atoms with Crippen molar-refractivity contribution in [2.24, 2.45) is 5.10 Å². The van der Waals surface area contributed by atoms with Gasteiger partial charge in [-0.1, -0.05) is 54.6 Å². The number of ether oxygens (including phenoxy) is 1. The Bertz CT molecular complexity index is 1450. The molecule has 0 aromatic heterocycles. The van der Waals surface area contributed by atoms with Crippen LogP contribution < -0.4 is 9.57 Å². The van der Waals surface area contributed by atoms with Crippen LogP contribution in [-0.2, 0) is 16.6 Å². The van der Waals surface area contributed by atoms with Gasteiger partial charge in [0.25, 0.3) is 15.7 Å². The predicted molar refractivity (Wildman–Crippen MR) is 126 cm³/mol. The van der Waals surface area contributed by atoms with Gasteiger partial charge in [0, 0.05) is 17.7 Å². The number of nitro benzene ring substituents is 1. The van der Waals surface area contributed by atoms with Gasteiger partial charge in [-0.15, -0.1) is 0 Å². The van der Waals surface area contributed by atoms with Gasteiger partial charge in [0.2, 0.25) is 0 Å². The average molecular weight is 461 g/mol. The first-order chi connectivity index (χ1) is 15.9. The average Bonchev–Trinajstić information content (AvgIpc) is 2.83. The molecule has 0 spiro atoms. The van der Waals surface area contributed by atoms with E-state index in [4.69, 9.17) is 4.74 Å². The van der Waals surface area contributed by atoms with E-state index in [2.05, 4.69) is 9.93 Å². The molecule has 33 heavy (non-hydrogen) atoms. The number of non-ortho nitro benzene ring substituents is 1. The van der Waals surface area contributed by atoms with Crippen LogP contribution >= 0.6 is 0 Å². The van der Waals surface area contributed by atoms with Crippen molar-refractivity contribution in [3.63, 3.8) is 0 Å². The molecule has 0 aliphatic heterocycles. The third kappa shape index (κ3) is 5.34. The molecule has 0 saturated carbocycles. The summed E-state index contributed by atoms with van der Waals surface area (Å²) in [5, 5.41) is 16.6. The quantitative estimate of drug-likeness (QED) is 0.233. The number of nitrogens with zero attached hydrogens (tertiary/aromatic N) is 2. The summed E-state index contributed by atoms with van der Waals surface area (Å²) in [4.78, 5) is 12.8. The van der Waals surface area contributed by atoms with E-state index < -0.39 is 14.9 Å². The second-order valence-electron chi connectivity index (χ2n) is 7.12. The summed E-state index contributed by atoms with van der Waals surface area (Å²) in [6, 6.07) is 25.4. The van der Waals surface area contributed by atoms with E-state index >= 15 is 0 Å². The maximum absolute atomic E-state index is 12.6. The molecule has 0 aliphatic carbocycles. The Labute approximate surface area is 190 Å². The monoisotopic (exact) mass is 461 g/mol. The fourth-order valence-corrected chi connectivity index (χ4v) is 4.02. The lowest BCUT2D eigenvalue weighted by atomic mass is 10.1. The molecule has 0 aliphatic rings. The molecule has 1 N–H and O–H groups in total. The van der Waals surface area contributed by atoms with Crippen LogP contribution in [0.4, 0.5) is 5.69 Å². The minimum atomic E-state index is -3.86. The molecule has 0 unspecified atom stereocenters. The van der Waals surface area contributed by atoms with Crippen LogP contribution in [0.15, 0.2) is 101 Å². The van der Waals surface area contributed by atoms with Crippen molar-refractivity contribution in [3.8, 4) is 5.75 Å². The van der Waals surface area contributed by atoms with Crippen molar-refractivity contribution in [2.75, 3.05) is 0 Å². The Balaban J connectivity index is 1.47. The number of para-hydroxylation sites is 1. The van der Waals surface area contributed by atoms with Gasteiger partial charge in [-0.25, -0.2) is 4.83 Å². The molecule has 4 rings (SSSR count). The summed E-state index contributed by atoms with van der Waals surface area (Å²) in [6.45, 7) is 0.106. The fourth-order valence-electron chi connectivity index (χ4n) is 3.19. The van der Waals surface area contributed by atoms with Crippen LogP contribution in [0.3, 0.4) is 0 Å². The molecule has 0 atom stereocenters. The van der Waals surface area contributed by atoms with Crippen LogP contribution in [0.1, 0.15) is 11.1 Å². The molecule has 0 saturated heterocycles. The highest BCUT2D eigenvalue weighted by molar-refractivity contribution is 7.89. The summed E-state index contributed by atoms with van der Waals surface area (Å²) in [5.41, 5.74) is 1.16. The van der Waals surface area contributed by atoms with Gasteiger partial charge in [0.05, 0.1) is 16.0 Å². The van der Waals surface area contributed by atoms with Crippen molar-refractivity contribution in [2.45, 2.75) is 11.5 Å². The van der Waals surface area contributed by atoms with E-state index in [1.165, 1.54) is 24.4 Å². The highest BCUT2D eigenvalue weighted by atomic mass is 32.2. The van der Waals surface area contributed by atoms with Crippen molar-refractivity contribution in [1.82, 2.24) is 4.83 Å². The van der Waals surface area contributed by atoms with E-state index in [1.54, 1.807) is 48.5 Å². The van der Waals surface area contributed by atoms with E-state index in [0.717, 1.165) is 10.8 Å². The number of hydrogen-bond donors (Lipinski definition) is 1. The first-order valence-electron chi connectivity index (χ1n) is 9.91. The minimum Gasteiger partial charge on any atom is -0.488 e. The van der Waals surface area contributed by atoms with Crippen LogP contribution in [0.5, 0.6) is 5.75 Å². The first-order valence-corrected chi connectivity index (χ1v) is 11.4. The van der Waals surface area contributed by atoms with Crippen molar-refractivity contribution in [1.29, 1.82) is 0 Å². The molecule has 0 fully saturated rings. The predicted octanol–water partition coefficient (Wildman–Crippen LogP) is 4.64. The first kappa shape index (κ1) is 22.0. The van der Waals surface area contributed by atoms with Gasteiger partial charge in [-0.3, -0.25) is 10.1 Å². The highest BCUT2D eigenvalue weighted by Crippen LogP contribution is 2.21. The number of rotatable bonds is 8. The number of nitrogens with one attached hydrogen (secondary N) is 1. The molecule has 0 amide bonds. The molecule has 0 heterocycles. The fraction of sp³-hybridized carbons (Fsp3) is 0.0417. The number of benzene rings is 4. The summed E-state index contributed by atoms with van der Waals surface area (Å²) < 4.78 is 31.1. The molecular weight excluding hydrogens is 442 g/mol. The summed E-state index contributed by atoms with van der Waals surface area (Å²) in [7, 11) is -3.86. The van der Waals surface area contributed by atoms with Gasteiger partial charge in [0.1, 0.15) is 12.4 Å². The Morgan fingerprint density at radius 3 is 2.48 bits per heavy atom. The molecule has 0 bridgehead atoms. The number of fused-ring (bicyclic) bond motifs is 1. The molecule has 8 nitrogen and oxygen atoms in total. The van der Waals surface area contributed by atoms with Crippen molar-refractivity contribution in [3.05, 3.63) is 112 Å². The lowest BCUT2D eigenvalue weighted by molar-refractivity contribution is -0.384. The summed E-state index contributed by atoms with van der Waals surface area (Å²) >= 11 is 0. The van der Waals surface area contributed by atoms with Gasteiger partial charge >= 0.3 is 0 Å². The molecule has 4 aromatic rings. The van der Waals surface area contributed by atoms with E-state index in [1.807, 2.05) is 24.3 Å². The van der Waals surface area contributed by atoms with Gasteiger partial charge in [-0.2, -0.15) is 13.5 Å². The van der Waals surface area contributed by atoms with Gasteiger partial charge < -0.3 is 4.74 Å². The second kappa shape index (κ2) is 9.49. The van der Waals surface area contributed by atoms with Crippen LogP contribution in [0.25, 0.3) is 10.8 Å². The third-order valence-electron chi connectivity index (χ3n) is 4.84. The van der Waals surface area contributed by atoms with E-state index in [9.17, 15) is 18.5 Å². The third-order valence-corrected chi connectivity index (χ3v) is 6.06. The van der Waals surface area contributed by atoms with E-state index in [-0.39, 0.29) is 17.2 Å². The number of hydrogen-bond acceptors (Lipinski definition) is 6. The Kier molecular flexibility index (Phi) is 6.32. The zero-order chi connectivity index (χ0) is 23.3. The van der Waals surface area contributed by atoms with Gasteiger partial charge in [0.15, 0.2) is 0 Å². The Morgan fingerprint density at radius 2 is 1.67 bits per heavy atom. The molecular formula is C24H19N3O5S. The number of sulfonamides is 1. The number of nitro groups is 1. The topological polar surface area (TPSA) is 111 Å². The van der Waals surface area contributed by atoms with E-state index in [0.29, 0.717) is 16.9 Å². The van der Waals surface area contributed by atoms with Gasteiger partial charge in [-0.05, 0) is 40.6 Å².